The molecule has 1 atom stereocenters. The molecule has 0 spiro atoms. The van der Waals surface area contributed by atoms with Crippen molar-refractivity contribution in [2.75, 3.05) is 39.5 Å². The van der Waals surface area contributed by atoms with Gasteiger partial charge in [-0.05, 0) is 57.5 Å². The minimum Gasteiger partial charge on any atom is -0.396 e. The lowest BCUT2D eigenvalue weighted by Crippen LogP contribution is -2.37. The fourth-order valence-electron chi connectivity index (χ4n) is 2.56. The smallest absolute Gasteiger partial charge is 0.396 e. The zero-order chi connectivity index (χ0) is 18.3. The van der Waals surface area contributed by atoms with Gasteiger partial charge in [0.2, 0.25) is 0 Å². The second-order valence-electron chi connectivity index (χ2n) is 5.73. The molecule has 1 saturated heterocycles. The molecule has 146 valence electrons. The van der Waals surface area contributed by atoms with Gasteiger partial charge in [-0.3, -0.25) is 0 Å². The molecular formula is C17H34F3NO3. The van der Waals surface area contributed by atoms with Crippen molar-refractivity contribution in [3.63, 3.8) is 0 Å². The molecule has 1 aliphatic heterocycles. The first-order chi connectivity index (χ1) is 11.5. The second-order valence-corrected chi connectivity index (χ2v) is 5.73. The van der Waals surface area contributed by atoms with Crippen molar-refractivity contribution in [1.82, 2.24) is 5.32 Å². The first-order valence-corrected chi connectivity index (χ1v) is 9.11. The highest BCUT2D eigenvalue weighted by Gasteiger charge is 2.41. The molecule has 24 heavy (non-hydrogen) atoms. The van der Waals surface area contributed by atoms with Crippen LogP contribution in [0.1, 0.15) is 52.4 Å². The van der Waals surface area contributed by atoms with E-state index >= 15 is 0 Å². The predicted molar refractivity (Wildman–Crippen MR) is 89.1 cm³/mol. The lowest BCUT2D eigenvalue weighted by atomic mass is 9.92. The van der Waals surface area contributed by atoms with Crippen molar-refractivity contribution in [2.45, 2.75) is 64.7 Å². The number of alkyl halides is 3. The van der Waals surface area contributed by atoms with E-state index in [9.17, 15) is 13.2 Å². The van der Waals surface area contributed by atoms with Crippen LogP contribution in [0.2, 0.25) is 0 Å². The minimum atomic E-state index is -4.31. The third-order valence-corrected chi connectivity index (χ3v) is 3.86. The van der Waals surface area contributed by atoms with Crippen LogP contribution in [-0.2, 0) is 9.47 Å². The van der Waals surface area contributed by atoms with Crippen LogP contribution in [0.5, 0.6) is 0 Å². The maximum atomic E-state index is 13.0. The van der Waals surface area contributed by atoms with Gasteiger partial charge in [0.05, 0.1) is 13.2 Å². The molecule has 1 heterocycles. The van der Waals surface area contributed by atoms with Crippen molar-refractivity contribution in [3.05, 3.63) is 0 Å². The summed E-state index contributed by atoms with van der Waals surface area (Å²) in [4.78, 5) is 0. The summed E-state index contributed by atoms with van der Waals surface area (Å²) in [6, 6.07) is 0. The predicted octanol–water partition coefficient (Wildman–Crippen LogP) is 3.53. The maximum Gasteiger partial charge on any atom is 0.414 e. The SMILES string of the molecule is CC.OCCCCCOCCOC(CC1CCNCC1)C(F)(F)F. The van der Waals surface area contributed by atoms with E-state index in [1.165, 1.54) is 0 Å². The molecule has 0 aromatic carbocycles. The van der Waals surface area contributed by atoms with Gasteiger partial charge in [0.25, 0.3) is 0 Å². The Labute approximate surface area is 144 Å². The van der Waals surface area contributed by atoms with E-state index < -0.39 is 12.3 Å². The highest BCUT2D eigenvalue weighted by Crippen LogP contribution is 2.30. The summed E-state index contributed by atoms with van der Waals surface area (Å²) >= 11 is 0. The summed E-state index contributed by atoms with van der Waals surface area (Å²) in [6.07, 6.45) is -2.01. The van der Waals surface area contributed by atoms with Gasteiger partial charge in [0.15, 0.2) is 6.10 Å². The van der Waals surface area contributed by atoms with E-state index in [-0.39, 0.29) is 32.2 Å². The number of halogens is 3. The summed E-state index contributed by atoms with van der Waals surface area (Å²) in [6.45, 7) is 6.37. The van der Waals surface area contributed by atoms with Crippen LogP contribution in [0.4, 0.5) is 13.2 Å². The van der Waals surface area contributed by atoms with Gasteiger partial charge >= 0.3 is 6.18 Å². The summed E-state index contributed by atoms with van der Waals surface area (Å²) in [5.41, 5.74) is 0. The van der Waals surface area contributed by atoms with Crippen LogP contribution < -0.4 is 5.32 Å². The number of aliphatic hydroxyl groups is 1. The van der Waals surface area contributed by atoms with Crippen LogP contribution in [-0.4, -0.2) is 56.9 Å². The lowest BCUT2D eigenvalue weighted by Gasteiger charge is -2.28. The van der Waals surface area contributed by atoms with Crippen LogP contribution in [0.15, 0.2) is 0 Å². The molecule has 1 unspecified atom stereocenters. The molecule has 1 aliphatic rings. The van der Waals surface area contributed by atoms with E-state index in [4.69, 9.17) is 14.6 Å². The third-order valence-electron chi connectivity index (χ3n) is 3.86. The van der Waals surface area contributed by atoms with Crippen molar-refractivity contribution in [1.29, 1.82) is 0 Å². The molecule has 0 bridgehead atoms. The van der Waals surface area contributed by atoms with E-state index in [2.05, 4.69) is 5.32 Å². The number of hydrogen-bond acceptors (Lipinski definition) is 4. The van der Waals surface area contributed by atoms with Gasteiger partial charge in [-0.25, -0.2) is 0 Å². The third kappa shape index (κ3) is 12.1. The van der Waals surface area contributed by atoms with Gasteiger partial charge in [-0.2, -0.15) is 13.2 Å². The Bertz CT molecular complexity index is 272. The standard InChI is InChI=1S/C15H28F3NO3.C2H6/c16-15(17,18)14(12-13-4-6-19-7-5-13)22-11-10-21-9-3-1-2-8-20;1-2/h13-14,19-20H,1-12H2;1-2H3. The Balaban J connectivity index is 0.00000254. The van der Waals surface area contributed by atoms with Crippen molar-refractivity contribution < 1.29 is 27.8 Å². The highest BCUT2D eigenvalue weighted by atomic mass is 19.4. The Morgan fingerprint density at radius 1 is 1.04 bits per heavy atom. The van der Waals surface area contributed by atoms with Crippen LogP contribution in [0.25, 0.3) is 0 Å². The first kappa shape index (κ1) is 23.6. The topological polar surface area (TPSA) is 50.7 Å². The summed E-state index contributed by atoms with van der Waals surface area (Å²) in [5, 5.41) is 11.8. The minimum absolute atomic E-state index is 0.0326. The van der Waals surface area contributed by atoms with Crippen molar-refractivity contribution in [2.24, 2.45) is 5.92 Å². The maximum absolute atomic E-state index is 13.0. The second kappa shape index (κ2) is 14.9. The molecule has 0 amide bonds. The van der Waals surface area contributed by atoms with E-state index in [0.717, 1.165) is 45.2 Å². The van der Waals surface area contributed by atoms with Crippen molar-refractivity contribution in [3.8, 4) is 0 Å². The Hall–Kier alpha value is -0.370. The fraction of sp³-hybridized carbons (Fsp3) is 1.00. The van der Waals surface area contributed by atoms with Crippen LogP contribution in [0, 0.1) is 5.92 Å². The zero-order valence-electron chi connectivity index (χ0n) is 15.0. The van der Waals surface area contributed by atoms with E-state index in [1.54, 1.807) is 0 Å². The van der Waals surface area contributed by atoms with Crippen molar-refractivity contribution >= 4 is 0 Å². The number of aliphatic hydroxyl groups excluding tert-OH is 1. The van der Waals surface area contributed by atoms with E-state index in [0.29, 0.717) is 6.61 Å². The molecule has 7 heteroatoms. The average molecular weight is 357 g/mol. The quantitative estimate of drug-likeness (QED) is 0.556. The molecule has 0 saturated carbocycles. The number of nitrogens with one attached hydrogen (secondary N) is 1. The number of piperidine rings is 1. The van der Waals surface area contributed by atoms with Crippen LogP contribution in [0.3, 0.4) is 0 Å². The summed E-state index contributed by atoms with van der Waals surface area (Å²) < 4.78 is 49.2. The molecule has 0 aromatic rings. The fourth-order valence-corrected chi connectivity index (χ4v) is 2.56. The zero-order valence-corrected chi connectivity index (χ0v) is 15.0. The number of hydrogen-bond donors (Lipinski definition) is 2. The van der Waals surface area contributed by atoms with Crippen LogP contribution >= 0.6 is 0 Å². The van der Waals surface area contributed by atoms with Gasteiger partial charge < -0.3 is 19.9 Å². The molecular weight excluding hydrogens is 323 g/mol. The molecule has 0 aromatic heterocycles. The summed E-state index contributed by atoms with van der Waals surface area (Å²) in [5.74, 6) is 0.0762. The van der Waals surface area contributed by atoms with Gasteiger partial charge in [0, 0.05) is 13.2 Å². The molecule has 1 rings (SSSR count). The molecule has 0 radical (unpaired) electrons. The largest absolute Gasteiger partial charge is 0.414 e. The Morgan fingerprint density at radius 3 is 2.29 bits per heavy atom. The van der Waals surface area contributed by atoms with Gasteiger partial charge in [-0.15, -0.1) is 0 Å². The normalized spacial score (nSPS) is 17.2. The van der Waals surface area contributed by atoms with E-state index in [1.807, 2.05) is 13.8 Å². The highest BCUT2D eigenvalue weighted by molar-refractivity contribution is 4.76. The molecule has 1 fully saturated rings. The Kier molecular flexibility index (Phi) is 14.7. The average Bonchev–Trinajstić information content (AvgIpc) is 2.58. The first-order valence-electron chi connectivity index (χ1n) is 9.11. The Morgan fingerprint density at radius 2 is 1.71 bits per heavy atom. The number of unbranched alkanes of at least 4 members (excludes halogenated alkanes) is 2. The number of rotatable bonds is 11. The lowest BCUT2D eigenvalue weighted by molar-refractivity contribution is -0.228. The molecule has 4 nitrogen and oxygen atoms in total. The van der Waals surface area contributed by atoms with Gasteiger partial charge in [0.1, 0.15) is 0 Å². The monoisotopic (exact) mass is 357 g/mol. The van der Waals surface area contributed by atoms with Gasteiger partial charge in [-0.1, -0.05) is 13.8 Å². The molecule has 2 N–H and O–H groups in total. The molecule has 0 aliphatic carbocycles. The number of ether oxygens (including phenoxy) is 2. The summed E-state index contributed by atoms with van der Waals surface area (Å²) in [7, 11) is 0.